The fraction of sp³-hybridized carbons (Fsp3) is 0.429. The molecule has 1 aromatic rings. The number of nitrogens with one attached hydrogen (secondary N) is 2. The minimum absolute atomic E-state index is 0.0565. The summed E-state index contributed by atoms with van der Waals surface area (Å²) in [6, 6.07) is 4.04. The molecule has 108 valence electrons. The molecule has 20 heavy (non-hydrogen) atoms. The molecule has 0 heterocycles. The van der Waals surface area contributed by atoms with Crippen LogP contribution in [0.2, 0.25) is 0 Å². The van der Waals surface area contributed by atoms with Crippen molar-refractivity contribution >= 4 is 23.2 Å². The molecule has 1 saturated carbocycles. The Kier molecular flexibility index (Phi) is 4.04. The lowest BCUT2D eigenvalue weighted by molar-refractivity contribution is -0.129. The Hall–Kier alpha value is -1.95. The van der Waals surface area contributed by atoms with E-state index in [4.69, 9.17) is 5.73 Å². The summed E-state index contributed by atoms with van der Waals surface area (Å²) in [7, 11) is 0. The number of carbonyl (C=O) groups excluding carboxylic acids is 2. The summed E-state index contributed by atoms with van der Waals surface area (Å²) in [6.07, 6.45) is 2.41. The van der Waals surface area contributed by atoms with E-state index in [0.717, 1.165) is 19.3 Å². The molecule has 5 nitrogen and oxygen atoms in total. The van der Waals surface area contributed by atoms with Crippen LogP contribution in [0.1, 0.15) is 26.2 Å². The van der Waals surface area contributed by atoms with Crippen molar-refractivity contribution in [3.8, 4) is 0 Å². The minimum Gasteiger partial charge on any atom is -0.329 e. The topological polar surface area (TPSA) is 84.2 Å². The Morgan fingerprint density at radius 2 is 2.05 bits per heavy atom. The Balaban J connectivity index is 2.16. The zero-order chi connectivity index (χ0) is 14.8. The summed E-state index contributed by atoms with van der Waals surface area (Å²) in [4.78, 5) is 23.2. The number of amides is 2. The summed E-state index contributed by atoms with van der Waals surface area (Å²) in [6.45, 7) is 1.62. The second-order valence-electron chi connectivity index (χ2n) is 5.17. The van der Waals surface area contributed by atoms with Crippen LogP contribution in [-0.4, -0.2) is 18.4 Å². The molecular formula is C14H18FN3O2. The molecule has 0 unspecified atom stereocenters. The molecule has 2 amide bonds. The molecule has 0 saturated heterocycles. The predicted molar refractivity (Wildman–Crippen MR) is 74.7 cm³/mol. The molecule has 2 rings (SSSR count). The van der Waals surface area contributed by atoms with Crippen molar-refractivity contribution < 1.29 is 14.0 Å². The quantitative estimate of drug-likeness (QED) is 0.786. The van der Waals surface area contributed by atoms with Crippen molar-refractivity contribution in [1.82, 2.24) is 0 Å². The average molecular weight is 279 g/mol. The predicted octanol–water partition coefficient (Wildman–Crippen LogP) is 1.85. The van der Waals surface area contributed by atoms with Crippen LogP contribution in [0.5, 0.6) is 0 Å². The lowest BCUT2D eigenvalue weighted by Gasteiger charge is -2.39. The monoisotopic (exact) mass is 279 g/mol. The standard InChI is InChI=1S/C14H18FN3O2/c1-9(19)17-10-3-4-11(15)12(7-10)18-13(20)14(8-16)5-2-6-14/h3-4,7H,2,5-6,8,16H2,1H3,(H,17,19)(H,18,20). The van der Waals surface area contributed by atoms with Gasteiger partial charge in [-0.15, -0.1) is 0 Å². The molecule has 0 atom stereocenters. The Bertz CT molecular complexity index is 536. The maximum Gasteiger partial charge on any atom is 0.231 e. The summed E-state index contributed by atoms with van der Waals surface area (Å²) in [5, 5.41) is 5.12. The third kappa shape index (κ3) is 2.80. The van der Waals surface area contributed by atoms with Gasteiger partial charge in [-0.05, 0) is 31.0 Å². The van der Waals surface area contributed by atoms with Crippen LogP contribution in [0.3, 0.4) is 0 Å². The van der Waals surface area contributed by atoms with Gasteiger partial charge in [-0.1, -0.05) is 6.42 Å². The fourth-order valence-electron chi connectivity index (χ4n) is 2.28. The first kappa shape index (κ1) is 14.5. The van der Waals surface area contributed by atoms with E-state index in [2.05, 4.69) is 10.6 Å². The normalized spacial score (nSPS) is 16.1. The van der Waals surface area contributed by atoms with Gasteiger partial charge in [-0.25, -0.2) is 4.39 Å². The maximum absolute atomic E-state index is 13.7. The highest BCUT2D eigenvalue weighted by Gasteiger charge is 2.43. The summed E-state index contributed by atoms with van der Waals surface area (Å²) < 4.78 is 13.7. The van der Waals surface area contributed by atoms with E-state index in [1.807, 2.05) is 0 Å². The van der Waals surface area contributed by atoms with Crippen molar-refractivity contribution in [2.24, 2.45) is 11.1 Å². The van der Waals surface area contributed by atoms with E-state index in [-0.39, 0.29) is 24.0 Å². The number of halogens is 1. The van der Waals surface area contributed by atoms with Crippen molar-refractivity contribution in [3.05, 3.63) is 24.0 Å². The first-order valence-electron chi connectivity index (χ1n) is 6.55. The van der Waals surface area contributed by atoms with Crippen LogP contribution < -0.4 is 16.4 Å². The number of benzene rings is 1. The Labute approximate surface area is 116 Å². The maximum atomic E-state index is 13.7. The van der Waals surface area contributed by atoms with Crippen LogP contribution in [0.25, 0.3) is 0 Å². The van der Waals surface area contributed by atoms with Crippen LogP contribution in [0, 0.1) is 11.2 Å². The van der Waals surface area contributed by atoms with Gasteiger partial charge in [-0.2, -0.15) is 0 Å². The van der Waals surface area contributed by atoms with E-state index in [0.29, 0.717) is 5.69 Å². The van der Waals surface area contributed by atoms with Crippen molar-refractivity contribution in [2.75, 3.05) is 17.2 Å². The average Bonchev–Trinajstić information content (AvgIpc) is 2.32. The molecule has 0 aromatic heterocycles. The lowest BCUT2D eigenvalue weighted by Crippen LogP contribution is -2.47. The highest BCUT2D eigenvalue weighted by atomic mass is 19.1. The smallest absolute Gasteiger partial charge is 0.231 e. The second kappa shape index (κ2) is 5.58. The Morgan fingerprint density at radius 1 is 1.35 bits per heavy atom. The van der Waals surface area contributed by atoms with Gasteiger partial charge in [0.25, 0.3) is 0 Å². The van der Waals surface area contributed by atoms with Gasteiger partial charge in [0.15, 0.2) is 0 Å². The highest BCUT2D eigenvalue weighted by molar-refractivity contribution is 5.97. The molecule has 1 aromatic carbocycles. The first-order chi connectivity index (χ1) is 9.47. The highest BCUT2D eigenvalue weighted by Crippen LogP contribution is 2.41. The van der Waals surface area contributed by atoms with Gasteiger partial charge >= 0.3 is 0 Å². The molecule has 1 aliphatic carbocycles. The first-order valence-corrected chi connectivity index (χ1v) is 6.55. The van der Waals surface area contributed by atoms with Gasteiger partial charge in [0.1, 0.15) is 5.82 Å². The van der Waals surface area contributed by atoms with Gasteiger partial charge in [0, 0.05) is 19.2 Å². The molecule has 0 radical (unpaired) electrons. The SMILES string of the molecule is CC(=O)Nc1ccc(F)c(NC(=O)C2(CN)CCC2)c1. The summed E-state index contributed by atoms with van der Waals surface area (Å²) >= 11 is 0. The van der Waals surface area contributed by atoms with E-state index in [1.165, 1.54) is 25.1 Å². The zero-order valence-electron chi connectivity index (χ0n) is 11.3. The minimum atomic E-state index is -0.573. The zero-order valence-corrected chi connectivity index (χ0v) is 11.3. The number of anilines is 2. The number of hydrogen-bond donors (Lipinski definition) is 3. The van der Waals surface area contributed by atoms with Crippen molar-refractivity contribution in [2.45, 2.75) is 26.2 Å². The van der Waals surface area contributed by atoms with Gasteiger partial charge < -0.3 is 16.4 Å². The van der Waals surface area contributed by atoms with Gasteiger partial charge in [-0.3, -0.25) is 9.59 Å². The molecule has 0 aliphatic heterocycles. The van der Waals surface area contributed by atoms with Crippen molar-refractivity contribution in [3.63, 3.8) is 0 Å². The molecular weight excluding hydrogens is 261 g/mol. The van der Waals surface area contributed by atoms with Crippen LogP contribution in [0.4, 0.5) is 15.8 Å². The molecule has 6 heteroatoms. The third-order valence-electron chi connectivity index (χ3n) is 3.72. The number of carbonyl (C=O) groups is 2. The number of rotatable bonds is 4. The molecule has 1 aliphatic rings. The second-order valence-corrected chi connectivity index (χ2v) is 5.17. The molecule has 4 N–H and O–H groups in total. The number of nitrogens with two attached hydrogens (primary N) is 1. The van der Waals surface area contributed by atoms with Crippen LogP contribution in [-0.2, 0) is 9.59 Å². The fourth-order valence-corrected chi connectivity index (χ4v) is 2.28. The summed E-state index contributed by atoms with van der Waals surface area (Å²) in [5.74, 6) is -1.06. The van der Waals surface area contributed by atoms with E-state index < -0.39 is 11.2 Å². The van der Waals surface area contributed by atoms with E-state index >= 15 is 0 Å². The van der Waals surface area contributed by atoms with E-state index in [1.54, 1.807) is 0 Å². The number of hydrogen-bond acceptors (Lipinski definition) is 3. The van der Waals surface area contributed by atoms with Gasteiger partial charge in [0.05, 0.1) is 11.1 Å². The molecule has 0 bridgehead atoms. The van der Waals surface area contributed by atoms with Gasteiger partial charge in [0.2, 0.25) is 11.8 Å². The van der Waals surface area contributed by atoms with E-state index in [9.17, 15) is 14.0 Å². The summed E-state index contributed by atoms with van der Waals surface area (Å²) in [5.41, 5.74) is 5.56. The third-order valence-corrected chi connectivity index (χ3v) is 3.72. The largest absolute Gasteiger partial charge is 0.329 e. The van der Waals surface area contributed by atoms with Crippen molar-refractivity contribution in [1.29, 1.82) is 0 Å². The van der Waals surface area contributed by atoms with Crippen LogP contribution in [0.15, 0.2) is 18.2 Å². The lowest BCUT2D eigenvalue weighted by atomic mass is 9.68. The molecule has 1 fully saturated rings. The molecule has 0 spiro atoms. The van der Waals surface area contributed by atoms with Crippen LogP contribution >= 0.6 is 0 Å². The Morgan fingerprint density at radius 3 is 2.55 bits per heavy atom.